The number of aromatic nitrogens is 1. The summed E-state index contributed by atoms with van der Waals surface area (Å²) in [5.41, 5.74) is -1.01. The first kappa shape index (κ1) is 12.0. The van der Waals surface area contributed by atoms with Crippen molar-refractivity contribution in [2.75, 3.05) is 5.32 Å². The summed E-state index contributed by atoms with van der Waals surface area (Å²) in [6, 6.07) is 4.55. The topological polar surface area (TPSA) is 62.0 Å². The van der Waals surface area contributed by atoms with Gasteiger partial charge in [-0.1, -0.05) is 6.07 Å². The molecule has 2 aromatic rings. The second-order valence-electron chi connectivity index (χ2n) is 3.48. The number of amides is 1. The molecule has 0 bridgehead atoms. The monoisotopic (exact) mass is 250 g/mol. The van der Waals surface area contributed by atoms with Gasteiger partial charge in [-0.25, -0.2) is 8.78 Å². The van der Waals surface area contributed by atoms with E-state index in [1.165, 1.54) is 24.5 Å². The maximum Gasteiger partial charge on any atom is 0.261 e. The van der Waals surface area contributed by atoms with Crippen molar-refractivity contribution in [1.82, 2.24) is 4.98 Å². The van der Waals surface area contributed by atoms with Crippen LogP contribution in [0.1, 0.15) is 10.4 Å². The minimum absolute atomic E-state index is 0.179. The number of aromatic amines is 1. The van der Waals surface area contributed by atoms with Gasteiger partial charge in [0.05, 0.1) is 5.69 Å². The highest BCUT2D eigenvalue weighted by Crippen LogP contribution is 2.16. The largest absolute Gasteiger partial charge is 0.367 e. The zero-order chi connectivity index (χ0) is 13.1. The predicted molar refractivity (Wildman–Crippen MR) is 61.4 cm³/mol. The summed E-state index contributed by atoms with van der Waals surface area (Å²) < 4.78 is 26.2. The van der Waals surface area contributed by atoms with Gasteiger partial charge in [0.25, 0.3) is 5.91 Å². The van der Waals surface area contributed by atoms with Crippen LogP contribution in [0.5, 0.6) is 0 Å². The number of rotatable bonds is 2. The Morgan fingerprint density at radius 2 is 2.00 bits per heavy atom. The number of carbonyl (C=O) groups is 1. The minimum atomic E-state index is -1.17. The van der Waals surface area contributed by atoms with Crippen molar-refractivity contribution < 1.29 is 13.6 Å². The zero-order valence-corrected chi connectivity index (χ0v) is 9.04. The average Bonchev–Trinajstić information content (AvgIpc) is 2.35. The van der Waals surface area contributed by atoms with E-state index in [4.69, 9.17) is 0 Å². The molecule has 0 aliphatic heterocycles. The maximum atomic E-state index is 13.3. The molecule has 0 aliphatic rings. The molecule has 0 aliphatic carbocycles. The van der Waals surface area contributed by atoms with Gasteiger partial charge >= 0.3 is 0 Å². The minimum Gasteiger partial charge on any atom is -0.367 e. The van der Waals surface area contributed by atoms with Crippen molar-refractivity contribution in [3.05, 3.63) is 64.1 Å². The SMILES string of the molecule is O=C(Nc1cccc(F)c1F)c1c[nH]ccc1=O. The van der Waals surface area contributed by atoms with Crippen molar-refractivity contribution in [1.29, 1.82) is 0 Å². The molecule has 0 unspecified atom stereocenters. The zero-order valence-electron chi connectivity index (χ0n) is 9.04. The number of benzene rings is 1. The molecule has 6 heteroatoms. The number of H-pyrrole nitrogens is 1. The van der Waals surface area contributed by atoms with Crippen LogP contribution < -0.4 is 10.7 Å². The highest BCUT2D eigenvalue weighted by Gasteiger charge is 2.13. The fourth-order valence-corrected chi connectivity index (χ4v) is 1.38. The number of halogens is 2. The van der Waals surface area contributed by atoms with E-state index in [0.717, 1.165) is 12.1 Å². The lowest BCUT2D eigenvalue weighted by Gasteiger charge is -2.05. The molecular weight excluding hydrogens is 242 g/mol. The molecule has 2 rings (SSSR count). The molecule has 1 amide bonds. The highest BCUT2D eigenvalue weighted by atomic mass is 19.2. The lowest BCUT2D eigenvalue weighted by Crippen LogP contribution is -2.21. The Balaban J connectivity index is 2.30. The van der Waals surface area contributed by atoms with E-state index in [-0.39, 0.29) is 11.3 Å². The lowest BCUT2D eigenvalue weighted by atomic mass is 10.2. The van der Waals surface area contributed by atoms with Crippen LogP contribution in [0, 0.1) is 11.6 Å². The second-order valence-corrected chi connectivity index (χ2v) is 3.48. The number of nitrogens with one attached hydrogen (secondary N) is 2. The van der Waals surface area contributed by atoms with Crippen LogP contribution in [0.4, 0.5) is 14.5 Å². The van der Waals surface area contributed by atoms with Gasteiger partial charge in [-0.15, -0.1) is 0 Å². The Bertz CT molecular complexity index is 653. The van der Waals surface area contributed by atoms with Gasteiger partial charge in [-0.05, 0) is 12.1 Å². The van der Waals surface area contributed by atoms with Crippen LogP contribution in [0.25, 0.3) is 0 Å². The fraction of sp³-hybridized carbons (Fsp3) is 0. The Morgan fingerprint density at radius 3 is 2.72 bits per heavy atom. The first-order valence-electron chi connectivity index (χ1n) is 5.02. The number of carbonyl (C=O) groups excluding carboxylic acids is 1. The first-order chi connectivity index (χ1) is 8.59. The molecule has 0 fully saturated rings. The Kier molecular flexibility index (Phi) is 3.18. The van der Waals surface area contributed by atoms with Gasteiger partial charge in [0.15, 0.2) is 17.1 Å². The van der Waals surface area contributed by atoms with Gasteiger partial charge in [0, 0.05) is 18.5 Å². The smallest absolute Gasteiger partial charge is 0.261 e. The third-order valence-electron chi connectivity index (χ3n) is 2.27. The van der Waals surface area contributed by atoms with E-state index in [1.54, 1.807) is 0 Å². The Hall–Kier alpha value is -2.50. The van der Waals surface area contributed by atoms with Crippen molar-refractivity contribution >= 4 is 11.6 Å². The van der Waals surface area contributed by atoms with Crippen LogP contribution in [-0.2, 0) is 0 Å². The van der Waals surface area contributed by atoms with Gasteiger partial charge in [0.2, 0.25) is 0 Å². The van der Waals surface area contributed by atoms with Crippen LogP contribution in [0.3, 0.4) is 0 Å². The van der Waals surface area contributed by atoms with Gasteiger partial charge in [-0.3, -0.25) is 9.59 Å². The third kappa shape index (κ3) is 2.27. The lowest BCUT2D eigenvalue weighted by molar-refractivity contribution is 0.102. The highest BCUT2D eigenvalue weighted by molar-refractivity contribution is 6.03. The number of pyridine rings is 1. The van der Waals surface area contributed by atoms with Crippen LogP contribution >= 0.6 is 0 Å². The van der Waals surface area contributed by atoms with Gasteiger partial charge in [-0.2, -0.15) is 0 Å². The van der Waals surface area contributed by atoms with E-state index in [9.17, 15) is 18.4 Å². The summed E-state index contributed by atoms with van der Waals surface area (Å²) in [4.78, 5) is 25.6. The molecule has 0 saturated heterocycles. The molecule has 0 spiro atoms. The molecule has 92 valence electrons. The molecule has 0 radical (unpaired) electrons. The molecule has 1 aromatic heterocycles. The molecule has 2 N–H and O–H groups in total. The van der Waals surface area contributed by atoms with Crippen LogP contribution in [-0.4, -0.2) is 10.9 Å². The number of hydrogen-bond donors (Lipinski definition) is 2. The van der Waals surface area contributed by atoms with Crippen molar-refractivity contribution in [3.63, 3.8) is 0 Å². The molecule has 4 nitrogen and oxygen atoms in total. The number of hydrogen-bond acceptors (Lipinski definition) is 2. The van der Waals surface area contributed by atoms with Crippen LogP contribution in [0.15, 0.2) is 41.5 Å². The summed E-state index contributed by atoms with van der Waals surface area (Å²) in [6.07, 6.45) is 2.55. The van der Waals surface area contributed by atoms with E-state index in [0.29, 0.717) is 0 Å². The fourth-order valence-electron chi connectivity index (χ4n) is 1.38. The predicted octanol–water partition coefficient (Wildman–Crippen LogP) is 1.91. The Labute approximate surface area is 100 Å². The average molecular weight is 250 g/mol. The normalized spacial score (nSPS) is 10.1. The van der Waals surface area contributed by atoms with Gasteiger partial charge < -0.3 is 10.3 Å². The summed E-state index contributed by atoms with van der Waals surface area (Å²) in [6.45, 7) is 0. The van der Waals surface area contributed by atoms with E-state index in [2.05, 4.69) is 10.3 Å². The third-order valence-corrected chi connectivity index (χ3v) is 2.27. The standard InChI is InChI=1S/C12H8F2N2O2/c13-8-2-1-3-9(11(8)14)16-12(18)7-6-15-5-4-10(7)17/h1-6H,(H,15,17)(H,16,18). The molecule has 1 aromatic carbocycles. The number of anilines is 1. The first-order valence-corrected chi connectivity index (χ1v) is 5.02. The van der Waals surface area contributed by atoms with E-state index in [1.807, 2.05) is 0 Å². The Morgan fingerprint density at radius 1 is 1.22 bits per heavy atom. The summed E-state index contributed by atoms with van der Waals surface area (Å²) in [7, 11) is 0. The summed E-state index contributed by atoms with van der Waals surface area (Å²) in [5.74, 6) is -3.05. The maximum absolute atomic E-state index is 13.3. The summed E-state index contributed by atoms with van der Waals surface area (Å²) >= 11 is 0. The van der Waals surface area contributed by atoms with Crippen molar-refractivity contribution in [2.24, 2.45) is 0 Å². The summed E-state index contributed by atoms with van der Waals surface area (Å²) in [5, 5.41) is 2.13. The van der Waals surface area contributed by atoms with E-state index < -0.39 is 23.0 Å². The molecule has 0 saturated carbocycles. The van der Waals surface area contributed by atoms with Gasteiger partial charge in [0.1, 0.15) is 5.56 Å². The van der Waals surface area contributed by atoms with Crippen molar-refractivity contribution in [2.45, 2.75) is 0 Å². The molecule has 0 atom stereocenters. The van der Waals surface area contributed by atoms with Crippen molar-refractivity contribution in [3.8, 4) is 0 Å². The quantitative estimate of drug-likeness (QED) is 0.855. The van der Waals surface area contributed by atoms with E-state index >= 15 is 0 Å². The molecule has 18 heavy (non-hydrogen) atoms. The second kappa shape index (κ2) is 4.79. The van der Waals surface area contributed by atoms with Crippen LogP contribution in [0.2, 0.25) is 0 Å². The molecular formula is C12H8F2N2O2. The molecule has 1 heterocycles.